The topological polar surface area (TPSA) is 65.5 Å². The second-order valence-electron chi connectivity index (χ2n) is 5.38. The summed E-state index contributed by atoms with van der Waals surface area (Å²) >= 11 is 0. The number of fused-ring (bicyclic) bond motifs is 1. The Balaban J connectivity index is 0.00000110. The Morgan fingerprint density at radius 1 is 1.38 bits per heavy atom. The predicted molar refractivity (Wildman–Crippen MR) is 87.0 cm³/mol. The lowest BCUT2D eigenvalue weighted by Crippen LogP contribution is -2.52. The summed E-state index contributed by atoms with van der Waals surface area (Å²) in [5.74, 6) is 0.345. The van der Waals surface area contributed by atoms with E-state index in [-0.39, 0.29) is 24.8 Å². The summed E-state index contributed by atoms with van der Waals surface area (Å²) in [7, 11) is 0. The molecule has 0 saturated carbocycles. The van der Waals surface area contributed by atoms with Crippen molar-refractivity contribution < 1.29 is 9.90 Å². The van der Waals surface area contributed by atoms with Crippen molar-refractivity contribution in [2.75, 3.05) is 24.5 Å². The van der Waals surface area contributed by atoms with Crippen LogP contribution in [0.15, 0.2) is 18.3 Å². The summed E-state index contributed by atoms with van der Waals surface area (Å²) in [6, 6.07) is 3.92. The van der Waals surface area contributed by atoms with Crippen LogP contribution in [0.3, 0.4) is 0 Å². The van der Waals surface area contributed by atoms with Gasteiger partial charge >= 0.3 is 5.97 Å². The van der Waals surface area contributed by atoms with Gasteiger partial charge in [0.25, 0.3) is 0 Å². The number of anilines is 1. The Morgan fingerprint density at radius 3 is 2.95 bits per heavy atom. The van der Waals surface area contributed by atoms with E-state index in [1.807, 2.05) is 0 Å². The molecule has 2 saturated heterocycles. The zero-order valence-corrected chi connectivity index (χ0v) is 13.3. The Hall–Kier alpha value is -1.04. The molecular weight excluding hydrogens is 313 g/mol. The van der Waals surface area contributed by atoms with E-state index in [2.05, 4.69) is 15.2 Å². The monoisotopic (exact) mass is 333 g/mol. The Morgan fingerprint density at radius 2 is 2.19 bits per heavy atom. The van der Waals surface area contributed by atoms with Crippen LogP contribution in [0.1, 0.15) is 29.6 Å². The minimum absolute atomic E-state index is 0. The van der Waals surface area contributed by atoms with E-state index in [4.69, 9.17) is 0 Å². The molecule has 2 atom stereocenters. The maximum Gasteiger partial charge on any atom is 0.339 e. The Bertz CT molecular complexity index is 487. The van der Waals surface area contributed by atoms with Crippen molar-refractivity contribution in [3.05, 3.63) is 23.9 Å². The second kappa shape index (κ2) is 7.82. The number of halogens is 2. The molecule has 5 nitrogen and oxygen atoms in total. The number of carboxylic acid groups (broad SMARTS) is 1. The van der Waals surface area contributed by atoms with Gasteiger partial charge in [0, 0.05) is 25.3 Å². The lowest BCUT2D eigenvalue weighted by atomic mass is 9.85. The van der Waals surface area contributed by atoms with Crippen LogP contribution in [0, 0.1) is 5.92 Å². The average Bonchev–Trinajstić information content (AvgIpc) is 2.46. The zero-order valence-electron chi connectivity index (χ0n) is 11.7. The second-order valence-corrected chi connectivity index (χ2v) is 5.38. The van der Waals surface area contributed by atoms with Crippen LogP contribution in [-0.2, 0) is 0 Å². The summed E-state index contributed by atoms with van der Waals surface area (Å²) < 4.78 is 0. The summed E-state index contributed by atoms with van der Waals surface area (Å²) in [4.78, 5) is 17.7. The molecule has 2 fully saturated rings. The molecule has 3 rings (SSSR count). The van der Waals surface area contributed by atoms with E-state index in [0.717, 1.165) is 26.1 Å². The normalized spacial score (nSPS) is 24.3. The number of carboxylic acids is 1. The van der Waals surface area contributed by atoms with Crippen LogP contribution in [0.25, 0.3) is 0 Å². The van der Waals surface area contributed by atoms with Crippen molar-refractivity contribution >= 4 is 36.6 Å². The van der Waals surface area contributed by atoms with Gasteiger partial charge < -0.3 is 15.3 Å². The number of aromatic nitrogens is 1. The van der Waals surface area contributed by atoms with E-state index >= 15 is 0 Å². The van der Waals surface area contributed by atoms with Crippen molar-refractivity contribution in [1.29, 1.82) is 0 Å². The zero-order chi connectivity index (χ0) is 13.2. The first-order valence-corrected chi connectivity index (χ1v) is 6.92. The minimum Gasteiger partial charge on any atom is -0.478 e. The van der Waals surface area contributed by atoms with Crippen LogP contribution >= 0.6 is 24.8 Å². The summed E-state index contributed by atoms with van der Waals surface area (Å²) in [6.45, 7) is 2.91. The van der Waals surface area contributed by atoms with Crippen molar-refractivity contribution in [3.8, 4) is 0 Å². The fraction of sp³-hybridized carbons (Fsp3) is 0.571. The first-order valence-electron chi connectivity index (χ1n) is 6.92. The number of piperidine rings is 2. The van der Waals surface area contributed by atoms with Gasteiger partial charge in [-0.3, -0.25) is 0 Å². The maximum absolute atomic E-state index is 11.3. The lowest BCUT2D eigenvalue weighted by Gasteiger charge is -2.42. The lowest BCUT2D eigenvalue weighted by molar-refractivity contribution is 0.0697. The highest BCUT2D eigenvalue weighted by molar-refractivity contribution is 5.93. The number of hydrogen-bond acceptors (Lipinski definition) is 4. The fourth-order valence-corrected chi connectivity index (χ4v) is 3.25. The molecule has 0 spiro atoms. The Kier molecular flexibility index (Phi) is 6.71. The molecule has 0 unspecified atom stereocenters. The van der Waals surface area contributed by atoms with Gasteiger partial charge in [-0.15, -0.1) is 24.8 Å². The van der Waals surface area contributed by atoms with Crippen LogP contribution in [0.2, 0.25) is 0 Å². The third-order valence-corrected chi connectivity index (χ3v) is 4.21. The molecule has 3 heterocycles. The number of hydrogen-bond donors (Lipinski definition) is 2. The highest BCUT2D eigenvalue weighted by Crippen LogP contribution is 2.28. The Labute approximate surface area is 136 Å². The van der Waals surface area contributed by atoms with E-state index < -0.39 is 5.97 Å². The van der Waals surface area contributed by atoms with Gasteiger partial charge in [0.15, 0.2) is 0 Å². The first kappa shape index (κ1) is 18.0. The minimum atomic E-state index is -0.896. The van der Waals surface area contributed by atoms with Crippen LogP contribution in [-0.4, -0.2) is 41.7 Å². The third kappa shape index (κ3) is 3.78. The molecule has 0 radical (unpaired) electrons. The molecule has 2 aliphatic rings. The molecule has 2 aliphatic heterocycles. The van der Waals surface area contributed by atoms with E-state index in [9.17, 15) is 9.90 Å². The summed E-state index contributed by atoms with van der Waals surface area (Å²) in [6.07, 6.45) is 5.18. The van der Waals surface area contributed by atoms with Crippen LogP contribution in [0.4, 0.5) is 5.82 Å². The average molecular weight is 334 g/mol. The molecule has 1 aromatic rings. The van der Waals surface area contributed by atoms with Gasteiger partial charge in [-0.2, -0.15) is 0 Å². The molecule has 0 bridgehead atoms. The van der Waals surface area contributed by atoms with Gasteiger partial charge in [0.1, 0.15) is 11.4 Å². The smallest absolute Gasteiger partial charge is 0.339 e. The van der Waals surface area contributed by atoms with E-state index in [0.29, 0.717) is 23.3 Å². The first-order chi connectivity index (χ1) is 9.25. The van der Waals surface area contributed by atoms with Crippen molar-refractivity contribution in [2.45, 2.75) is 25.3 Å². The number of nitrogens with one attached hydrogen (secondary N) is 1. The third-order valence-electron chi connectivity index (χ3n) is 4.21. The molecule has 0 aliphatic carbocycles. The van der Waals surface area contributed by atoms with Crippen molar-refractivity contribution in [1.82, 2.24) is 10.3 Å². The standard InChI is InChI=1S/C14H19N3O2.2ClH/c18-14(19)11-4-2-7-16-13(11)17-8-5-12-10(9-17)3-1-6-15-12;;/h2,4,7,10,12,15H,1,3,5-6,8-9H2,(H,18,19);2*1H/t10-,12+;;/m1../s1. The highest BCUT2D eigenvalue weighted by Gasteiger charge is 2.32. The number of carbonyl (C=O) groups is 1. The van der Waals surface area contributed by atoms with Crippen molar-refractivity contribution in [2.24, 2.45) is 5.92 Å². The van der Waals surface area contributed by atoms with Crippen LogP contribution in [0.5, 0.6) is 0 Å². The number of nitrogens with zero attached hydrogens (tertiary/aromatic N) is 2. The largest absolute Gasteiger partial charge is 0.478 e. The maximum atomic E-state index is 11.3. The molecule has 0 aromatic carbocycles. The highest BCUT2D eigenvalue weighted by atomic mass is 35.5. The molecule has 118 valence electrons. The molecule has 21 heavy (non-hydrogen) atoms. The SMILES string of the molecule is Cl.Cl.O=C(O)c1cccnc1N1CC[C@@H]2NCCC[C@@H]2C1. The summed E-state index contributed by atoms with van der Waals surface area (Å²) in [5, 5.41) is 12.8. The number of pyridine rings is 1. The molecular formula is C14H21Cl2N3O2. The number of rotatable bonds is 2. The van der Waals surface area contributed by atoms with E-state index in [1.165, 1.54) is 12.8 Å². The number of aromatic carboxylic acids is 1. The molecule has 1 aromatic heterocycles. The molecule has 0 amide bonds. The van der Waals surface area contributed by atoms with Gasteiger partial charge in [0.2, 0.25) is 0 Å². The van der Waals surface area contributed by atoms with Crippen LogP contribution < -0.4 is 10.2 Å². The summed E-state index contributed by atoms with van der Waals surface area (Å²) in [5.41, 5.74) is 0.310. The van der Waals surface area contributed by atoms with Gasteiger partial charge in [0.05, 0.1) is 0 Å². The quantitative estimate of drug-likeness (QED) is 0.868. The van der Waals surface area contributed by atoms with Gasteiger partial charge in [-0.25, -0.2) is 9.78 Å². The predicted octanol–water partition coefficient (Wildman–Crippen LogP) is 2.20. The van der Waals surface area contributed by atoms with E-state index in [1.54, 1.807) is 18.3 Å². The van der Waals surface area contributed by atoms with Gasteiger partial charge in [-0.1, -0.05) is 0 Å². The fourth-order valence-electron chi connectivity index (χ4n) is 3.25. The molecule has 7 heteroatoms. The van der Waals surface area contributed by atoms with Crippen molar-refractivity contribution in [3.63, 3.8) is 0 Å². The van der Waals surface area contributed by atoms with Gasteiger partial charge in [-0.05, 0) is 43.9 Å². The molecule has 2 N–H and O–H groups in total.